The first-order valence-corrected chi connectivity index (χ1v) is 7.91. The summed E-state index contributed by atoms with van der Waals surface area (Å²) in [5, 5.41) is 3.39. The standard InChI is InChI=1S/C18H18N4O3/c1-18(14-7-3-2-4-8-14)16(24)22(17(25)20-18)21-15(23)10-9-13-6-5-11-19-12-13/h2-8,11-12H,9-10H2,1H3,(H,20,25)(H,21,23). The quantitative estimate of drug-likeness (QED) is 0.809. The molecular formula is C18H18N4O3. The van der Waals surface area contributed by atoms with Gasteiger partial charge in [0.25, 0.3) is 5.91 Å². The van der Waals surface area contributed by atoms with Gasteiger partial charge < -0.3 is 5.32 Å². The maximum absolute atomic E-state index is 12.7. The lowest BCUT2D eigenvalue weighted by atomic mass is 9.92. The fourth-order valence-electron chi connectivity index (χ4n) is 2.69. The van der Waals surface area contributed by atoms with E-state index in [2.05, 4.69) is 15.7 Å². The van der Waals surface area contributed by atoms with Gasteiger partial charge in [0.1, 0.15) is 5.54 Å². The van der Waals surface area contributed by atoms with Crippen LogP contribution >= 0.6 is 0 Å². The zero-order chi connectivity index (χ0) is 17.9. The second kappa shape index (κ2) is 6.72. The number of hydrogen-bond acceptors (Lipinski definition) is 4. The Morgan fingerprint density at radius 3 is 2.64 bits per heavy atom. The molecule has 0 radical (unpaired) electrons. The fourth-order valence-corrected chi connectivity index (χ4v) is 2.69. The van der Waals surface area contributed by atoms with Crippen molar-refractivity contribution in [3.8, 4) is 0 Å². The summed E-state index contributed by atoms with van der Waals surface area (Å²) in [7, 11) is 0. The van der Waals surface area contributed by atoms with E-state index in [0.29, 0.717) is 12.0 Å². The summed E-state index contributed by atoms with van der Waals surface area (Å²) in [5.74, 6) is -0.928. The molecule has 1 aliphatic rings. The number of urea groups is 1. The van der Waals surface area contributed by atoms with Crippen LogP contribution in [0.1, 0.15) is 24.5 Å². The summed E-state index contributed by atoms with van der Waals surface area (Å²) in [4.78, 5) is 40.9. The lowest BCUT2D eigenvalue weighted by Gasteiger charge is -2.22. The van der Waals surface area contributed by atoms with Gasteiger partial charge in [-0.2, -0.15) is 5.01 Å². The van der Waals surface area contributed by atoms with E-state index >= 15 is 0 Å². The van der Waals surface area contributed by atoms with Gasteiger partial charge in [0.2, 0.25) is 5.91 Å². The molecule has 2 aromatic rings. The highest BCUT2D eigenvalue weighted by atomic mass is 16.2. The van der Waals surface area contributed by atoms with Crippen LogP contribution < -0.4 is 10.7 Å². The summed E-state index contributed by atoms with van der Waals surface area (Å²) in [6, 6.07) is 11.9. The Labute approximate surface area is 145 Å². The van der Waals surface area contributed by atoms with Crippen LogP contribution in [-0.4, -0.2) is 27.8 Å². The van der Waals surface area contributed by atoms with E-state index in [1.807, 2.05) is 12.1 Å². The van der Waals surface area contributed by atoms with Gasteiger partial charge >= 0.3 is 6.03 Å². The lowest BCUT2D eigenvalue weighted by molar-refractivity contribution is -0.138. The van der Waals surface area contributed by atoms with Crippen molar-refractivity contribution in [1.29, 1.82) is 0 Å². The van der Waals surface area contributed by atoms with E-state index < -0.39 is 23.4 Å². The van der Waals surface area contributed by atoms with Crippen LogP contribution in [-0.2, 0) is 21.5 Å². The van der Waals surface area contributed by atoms with Crippen LogP contribution in [0.4, 0.5) is 4.79 Å². The van der Waals surface area contributed by atoms with Crippen molar-refractivity contribution in [3.05, 3.63) is 66.0 Å². The molecule has 1 fully saturated rings. The van der Waals surface area contributed by atoms with Crippen LogP contribution in [0.15, 0.2) is 54.9 Å². The molecule has 0 bridgehead atoms. The van der Waals surface area contributed by atoms with Crippen molar-refractivity contribution >= 4 is 17.8 Å². The molecule has 1 saturated heterocycles. The highest BCUT2D eigenvalue weighted by molar-refractivity contribution is 6.08. The molecule has 7 nitrogen and oxygen atoms in total. The number of carbonyl (C=O) groups excluding carboxylic acids is 3. The molecular weight excluding hydrogens is 320 g/mol. The maximum Gasteiger partial charge on any atom is 0.344 e. The van der Waals surface area contributed by atoms with Gasteiger partial charge in [-0.05, 0) is 30.5 Å². The number of rotatable bonds is 5. The first-order valence-electron chi connectivity index (χ1n) is 7.91. The van der Waals surface area contributed by atoms with E-state index in [1.165, 1.54) is 0 Å². The number of pyridine rings is 1. The number of nitrogens with one attached hydrogen (secondary N) is 2. The molecule has 0 saturated carbocycles. The Hall–Kier alpha value is -3.22. The molecule has 1 atom stereocenters. The third-order valence-electron chi connectivity index (χ3n) is 4.14. The summed E-state index contributed by atoms with van der Waals surface area (Å²) >= 11 is 0. The highest BCUT2D eigenvalue weighted by Crippen LogP contribution is 2.27. The van der Waals surface area contributed by atoms with Gasteiger partial charge in [-0.15, -0.1) is 0 Å². The van der Waals surface area contributed by atoms with Crippen molar-refractivity contribution in [3.63, 3.8) is 0 Å². The number of hydrogen-bond donors (Lipinski definition) is 2. The molecule has 2 N–H and O–H groups in total. The van der Waals surface area contributed by atoms with Gasteiger partial charge in [-0.1, -0.05) is 36.4 Å². The topological polar surface area (TPSA) is 91.4 Å². The second-order valence-corrected chi connectivity index (χ2v) is 5.96. The Balaban J connectivity index is 1.66. The number of aryl methyl sites for hydroxylation is 1. The third kappa shape index (κ3) is 3.35. The number of amides is 4. The monoisotopic (exact) mass is 338 g/mol. The average molecular weight is 338 g/mol. The van der Waals surface area contributed by atoms with E-state index in [1.54, 1.807) is 49.6 Å². The molecule has 1 aliphatic heterocycles. The minimum atomic E-state index is -1.20. The van der Waals surface area contributed by atoms with Crippen molar-refractivity contribution in [2.75, 3.05) is 0 Å². The zero-order valence-electron chi connectivity index (χ0n) is 13.7. The molecule has 4 amide bonds. The number of carbonyl (C=O) groups is 3. The number of hydrazine groups is 1. The predicted octanol–water partition coefficient (Wildman–Crippen LogP) is 1.51. The first-order chi connectivity index (χ1) is 12.0. The van der Waals surface area contributed by atoms with Crippen LogP contribution in [0.2, 0.25) is 0 Å². The molecule has 7 heteroatoms. The number of imide groups is 1. The van der Waals surface area contributed by atoms with Crippen molar-refractivity contribution in [2.24, 2.45) is 0 Å². The largest absolute Gasteiger partial charge is 0.344 e. The minimum absolute atomic E-state index is 0.144. The molecule has 2 heterocycles. The number of nitrogens with zero attached hydrogens (tertiary/aromatic N) is 2. The molecule has 1 aromatic heterocycles. The minimum Gasteiger partial charge on any atom is -0.318 e. The van der Waals surface area contributed by atoms with Crippen molar-refractivity contribution in [2.45, 2.75) is 25.3 Å². The SMILES string of the molecule is CC1(c2ccccc2)NC(=O)N(NC(=O)CCc2cccnc2)C1=O. The van der Waals surface area contributed by atoms with Crippen LogP contribution in [0.3, 0.4) is 0 Å². The number of aromatic nitrogens is 1. The van der Waals surface area contributed by atoms with E-state index in [-0.39, 0.29) is 6.42 Å². The van der Waals surface area contributed by atoms with E-state index in [0.717, 1.165) is 10.6 Å². The Kier molecular flexibility index (Phi) is 4.47. The number of benzene rings is 1. The molecule has 0 spiro atoms. The highest BCUT2D eigenvalue weighted by Gasteiger charge is 2.49. The Morgan fingerprint density at radius 1 is 1.20 bits per heavy atom. The maximum atomic E-state index is 12.7. The van der Waals surface area contributed by atoms with Gasteiger partial charge in [-0.3, -0.25) is 20.0 Å². The van der Waals surface area contributed by atoms with E-state index in [9.17, 15) is 14.4 Å². The van der Waals surface area contributed by atoms with Gasteiger partial charge in [0.05, 0.1) is 0 Å². The molecule has 25 heavy (non-hydrogen) atoms. The molecule has 128 valence electrons. The molecule has 1 unspecified atom stereocenters. The first kappa shape index (κ1) is 16.6. The lowest BCUT2D eigenvalue weighted by Crippen LogP contribution is -2.48. The molecule has 3 rings (SSSR count). The summed E-state index contributed by atoms with van der Waals surface area (Å²) < 4.78 is 0. The second-order valence-electron chi connectivity index (χ2n) is 5.96. The average Bonchev–Trinajstić information content (AvgIpc) is 2.86. The van der Waals surface area contributed by atoms with Gasteiger partial charge in [0, 0.05) is 18.8 Å². The summed E-state index contributed by atoms with van der Waals surface area (Å²) in [6.45, 7) is 1.62. The zero-order valence-corrected chi connectivity index (χ0v) is 13.7. The fraction of sp³-hybridized carbons (Fsp3) is 0.222. The van der Waals surface area contributed by atoms with Crippen molar-refractivity contribution in [1.82, 2.24) is 20.7 Å². The third-order valence-corrected chi connectivity index (χ3v) is 4.14. The summed E-state index contributed by atoms with van der Waals surface area (Å²) in [5.41, 5.74) is 2.75. The van der Waals surface area contributed by atoms with Crippen LogP contribution in [0.25, 0.3) is 0 Å². The predicted molar refractivity (Wildman–Crippen MR) is 89.9 cm³/mol. The normalized spacial score (nSPS) is 19.6. The van der Waals surface area contributed by atoms with Crippen LogP contribution in [0, 0.1) is 0 Å². The molecule has 0 aliphatic carbocycles. The van der Waals surface area contributed by atoms with Gasteiger partial charge in [0.15, 0.2) is 0 Å². The van der Waals surface area contributed by atoms with Crippen molar-refractivity contribution < 1.29 is 14.4 Å². The molecule has 1 aromatic carbocycles. The smallest absolute Gasteiger partial charge is 0.318 e. The Morgan fingerprint density at radius 2 is 1.96 bits per heavy atom. The van der Waals surface area contributed by atoms with Crippen LogP contribution in [0.5, 0.6) is 0 Å². The van der Waals surface area contributed by atoms with Gasteiger partial charge in [-0.25, -0.2) is 4.79 Å². The Bertz CT molecular complexity index is 794. The summed E-state index contributed by atoms with van der Waals surface area (Å²) in [6.07, 6.45) is 3.94. The van der Waals surface area contributed by atoms with E-state index in [4.69, 9.17) is 0 Å².